The summed E-state index contributed by atoms with van der Waals surface area (Å²) in [6.07, 6.45) is 0.924. The molecule has 1 aliphatic rings. The first-order valence-electron chi connectivity index (χ1n) is 7.46. The normalized spacial score (nSPS) is 20.8. The van der Waals surface area contributed by atoms with Crippen molar-refractivity contribution in [1.29, 1.82) is 0 Å². The van der Waals surface area contributed by atoms with Gasteiger partial charge in [-0.15, -0.1) is 0 Å². The zero-order chi connectivity index (χ0) is 14.4. The summed E-state index contributed by atoms with van der Waals surface area (Å²) in [6.45, 7) is 5.66. The number of rotatable bonds is 6. The van der Waals surface area contributed by atoms with Crippen LogP contribution in [0.15, 0.2) is 30.3 Å². The fourth-order valence-electron chi connectivity index (χ4n) is 2.84. The molecule has 1 heterocycles. The highest BCUT2D eigenvalue weighted by atomic mass is 16.3. The van der Waals surface area contributed by atoms with E-state index in [0.29, 0.717) is 0 Å². The quantitative estimate of drug-likeness (QED) is 0.804. The van der Waals surface area contributed by atoms with Gasteiger partial charge in [0.1, 0.15) is 0 Å². The molecule has 4 heteroatoms. The summed E-state index contributed by atoms with van der Waals surface area (Å²) in [4.78, 5) is 4.86. The Morgan fingerprint density at radius 1 is 1.15 bits per heavy atom. The first-order valence-corrected chi connectivity index (χ1v) is 7.46. The molecule has 20 heavy (non-hydrogen) atoms. The molecule has 0 saturated carbocycles. The zero-order valence-corrected chi connectivity index (χ0v) is 12.7. The average molecular weight is 277 g/mol. The van der Waals surface area contributed by atoms with Gasteiger partial charge in [-0.1, -0.05) is 30.3 Å². The van der Waals surface area contributed by atoms with E-state index in [1.807, 2.05) is 25.2 Å². The number of piperazine rings is 1. The van der Waals surface area contributed by atoms with Crippen LogP contribution in [0.4, 0.5) is 0 Å². The molecule has 1 aromatic carbocycles. The van der Waals surface area contributed by atoms with E-state index in [9.17, 15) is 5.11 Å². The lowest BCUT2D eigenvalue weighted by Crippen LogP contribution is -2.49. The summed E-state index contributed by atoms with van der Waals surface area (Å²) in [7, 11) is 4.11. The Balaban J connectivity index is 1.99. The first kappa shape index (κ1) is 15.4. The summed E-state index contributed by atoms with van der Waals surface area (Å²) >= 11 is 0. The van der Waals surface area contributed by atoms with Crippen molar-refractivity contribution in [3.05, 3.63) is 35.9 Å². The molecular weight excluding hydrogens is 250 g/mol. The van der Waals surface area contributed by atoms with Crippen LogP contribution in [-0.4, -0.2) is 68.3 Å². The van der Waals surface area contributed by atoms with Gasteiger partial charge in [0.2, 0.25) is 0 Å². The molecule has 2 rings (SSSR count). The second-order valence-electron chi connectivity index (χ2n) is 5.75. The van der Waals surface area contributed by atoms with E-state index in [2.05, 4.69) is 34.3 Å². The molecule has 4 nitrogen and oxygen atoms in total. The van der Waals surface area contributed by atoms with E-state index >= 15 is 0 Å². The summed E-state index contributed by atoms with van der Waals surface area (Å²) < 4.78 is 0. The lowest BCUT2D eigenvalue weighted by atomic mass is 9.87. The standard InChI is InChI=1S/C16H27N3O/c1-17-16(14-20,15-6-4-3-5-7-15)8-9-19-12-10-18(2)11-13-19/h3-7,17,20H,8-14H2,1-2H3. The van der Waals surface area contributed by atoms with Crippen LogP contribution in [-0.2, 0) is 5.54 Å². The largest absolute Gasteiger partial charge is 0.394 e. The van der Waals surface area contributed by atoms with E-state index in [0.717, 1.165) is 39.1 Å². The van der Waals surface area contributed by atoms with Gasteiger partial charge in [0.05, 0.1) is 12.1 Å². The van der Waals surface area contributed by atoms with Gasteiger partial charge in [0.15, 0.2) is 0 Å². The van der Waals surface area contributed by atoms with Crippen molar-refractivity contribution in [3.8, 4) is 0 Å². The fourth-order valence-corrected chi connectivity index (χ4v) is 2.84. The van der Waals surface area contributed by atoms with Crippen molar-refractivity contribution >= 4 is 0 Å². The van der Waals surface area contributed by atoms with Gasteiger partial charge in [-0.05, 0) is 26.1 Å². The maximum Gasteiger partial charge on any atom is 0.0678 e. The van der Waals surface area contributed by atoms with Crippen LogP contribution in [0, 0.1) is 0 Å². The summed E-state index contributed by atoms with van der Waals surface area (Å²) in [5.74, 6) is 0. The third-order valence-corrected chi connectivity index (χ3v) is 4.53. The Morgan fingerprint density at radius 2 is 1.80 bits per heavy atom. The smallest absolute Gasteiger partial charge is 0.0678 e. The number of hydrogen-bond donors (Lipinski definition) is 2. The van der Waals surface area contributed by atoms with E-state index in [4.69, 9.17) is 0 Å². The predicted octanol–water partition coefficient (Wildman–Crippen LogP) is 0.731. The number of likely N-dealkylation sites (N-methyl/N-ethyl adjacent to an activating group) is 2. The minimum absolute atomic E-state index is 0.126. The summed E-state index contributed by atoms with van der Waals surface area (Å²) in [5.41, 5.74) is 0.837. The van der Waals surface area contributed by atoms with E-state index < -0.39 is 0 Å². The molecule has 1 aliphatic heterocycles. The molecule has 1 saturated heterocycles. The number of nitrogens with zero attached hydrogens (tertiary/aromatic N) is 2. The van der Waals surface area contributed by atoms with Gasteiger partial charge in [0, 0.05) is 32.7 Å². The van der Waals surface area contributed by atoms with Crippen LogP contribution in [0.25, 0.3) is 0 Å². The molecule has 0 aliphatic carbocycles. The molecule has 1 fully saturated rings. The molecule has 1 unspecified atom stereocenters. The Bertz CT molecular complexity index is 384. The molecule has 1 aromatic rings. The van der Waals surface area contributed by atoms with Crippen molar-refractivity contribution in [2.45, 2.75) is 12.0 Å². The predicted molar refractivity (Wildman–Crippen MR) is 82.8 cm³/mol. The topological polar surface area (TPSA) is 38.7 Å². The second-order valence-corrected chi connectivity index (χ2v) is 5.75. The number of benzene rings is 1. The van der Waals surface area contributed by atoms with E-state index in [-0.39, 0.29) is 12.1 Å². The molecule has 0 amide bonds. The summed E-state index contributed by atoms with van der Waals surface area (Å²) in [6, 6.07) is 10.3. The van der Waals surface area contributed by atoms with Gasteiger partial charge in [0.25, 0.3) is 0 Å². The Hall–Kier alpha value is -0.940. The van der Waals surface area contributed by atoms with Gasteiger partial charge in [-0.25, -0.2) is 0 Å². The first-order chi connectivity index (χ1) is 9.70. The molecule has 0 spiro atoms. The molecule has 2 N–H and O–H groups in total. The molecular formula is C16H27N3O. The van der Waals surface area contributed by atoms with Crippen LogP contribution < -0.4 is 5.32 Å². The average Bonchev–Trinajstić information content (AvgIpc) is 2.51. The van der Waals surface area contributed by atoms with E-state index in [1.165, 1.54) is 5.56 Å². The molecule has 0 aromatic heterocycles. The molecule has 0 radical (unpaired) electrons. The van der Waals surface area contributed by atoms with Gasteiger partial charge >= 0.3 is 0 Å². The number of nitrogens with one attached hydrogen (secondary N) is 1. The Kier molecular flexibility index (Phi) is 5.54. The number of hydrogen-bond acceptors (Lipinski definition) is 4. The van der Waals surface area contributed by atoms with Crippen molar-refractivity contribution in [1.82, 2.24) is 15.1 Å². The van der Waals surface area contributed by atoms with Crippen LogP contribution in [0.1, 0.15) is 12.0 Å². The minimum atomic E-state index is -0.329. The molecule has 112 valence electrons. The van der Waals surface area contributed by atoms with Gasteiger partial charge in [-0.3, -0.25) is 0 Å². The van der Waals surface area contributed by atoms with Crippen LogP contribution in [0.3, 0.4) is 0 Å². The third-order valence-electron chi connectivity index (χ3n) is 4.53. The zero-order valence-electron chi connectivity index (χ0n) is 12.7. The Labute approximate surface area is 122 Å². The third kappa shape index (κ3) is 3.58. The molecule has 1 atom stereocenters. The van der Waals surface area contributed by atoms with Gasteiger partial charge < -0.3 is 20.2 Å². The highest BCUT2D eigenvalue weighted by molar-refractivity contribution is 5.24. The second kappa shape index (κ2) is 7.18. The van der Waals surface area contributed by atoms with Gasteiger partial charge in [-0.2, -0.15) is 0 Å². The highest BCUT2D eigenvalue weighted by Gasteiger charge is 2.30. The highest BCUT2D eigenvalue weighted by Crippen LogP contribution is 2.24. The number of aliphatic hydroxyl groups excluding tert-OH is 1. The maximum atomic E-state index is 9.91. The minimum Gasteiger partial charge on any atom is -0.394 e. The van der Waals surface area contributed by atoms with E-state index in [1.54, 1.807) is 0 Å². The SMILES string of the molecule is CNC(CO)(CCN1CCN(C)CC1)c1ccccc1. The Morgan fingerprint density at radius 3 is 2.35 bits per heavy atom. The maximum absolute atomic E-state index is 9.91. The fraction of sp³-hybridized carbons (Fsp3) is 0.625. The van der Waals surface area contributed by atoms with Crippen molar-refractivity contribution in [2.75, 3.05) is 53.4 Å². The van der Waals surface area contributed by atoms with Crippen molar-refractivity contribution < 1.29 is 5.11 Å². The lowest BCUT2D eigenvalue weighted by molar-refractivity contribution is 0.112. The van der Waals surface area contributed by atoms with Crippen molar-refractivity contribution in [2.24, 2.45) is 0 Å². The van der Waals surface area contributed by atoms with Crippen LogP contribution >= 0.6 is 0 Å². The van der Waals surface area contributed by atoms with Crippen LogP contribution in [0.5, 0.6) is 0 Å². The monoisotopic (exact) mass is 277 g/mol. The molecule has 0 bridgehead atoms. The lowest BCUT2D eigenvalue weighted by Gasteiger charge is -2.37. The number of aliphatic hydroxyl groups is 1. The van der Waals surface area contributed by atoms with Crippen LogP contribution in [0.2, 0.25) is 0 Å². The van der Waals surface area contributed by atoms with Crippen molar-refractivity contribution in [3.63, 3.8) is 0 Å². The summed E-state index contributed by atoms with van der Waals surface area (Å²) in [5, 5.41) is 13.3.